The highest BCUT2D eigenvalue weighted by Crippen LogP contribution is 2.27. The van der Waals surface area contributed by atoms with Crippen LogP contribution in [0.25, 0.3) is 0 Å². The lowest BCUT2D eigenvalue weighted by atomic mass is 10.1. The summed E-state index contributed by atoms with van der Waals surface area (Å²) in [7, 11) is 0. The zero-order chi connectivity index (χ0) is 13.1. The van der Waals surface area contributed by atoms with E-state index in [-0.39, 0.29) is 11.8 Å². The van der Waals surface area contributed by atoms with Gasteiger partial charge in [0.25, 0.3) is 0 Å². The van der Waals surface area contributed by atoms with Crippen LogP contribution in [0.1, 0.15) is 24.2 Å². The lowest BCUT2D eigenvalue weighted by Crippen LogP contribution is -2.05. The van der Waals surface area contributed by atoms with Gasteiger partial charge in [-0.3, -0.25) is 4.98 Å². The lowest BCUT2D eigenvalue weighted by Gasteiger charge is -2.11. The molecule has 0 aliphatic heterocycles. The molecule has 1 atom stereocenters. The molecule has 94 valence electrons. The molecule has 1 aromatic carbocycles. The Balaban J connectivity index is 2.28. The van der Waals surface area contributed by atoms with Crippen molar-refractivity contribution < 1.29 is 9.13 Å². The van der Waals surface area contributed by atoms with E-state index in [1.54, 1.807) is 37.4 Å². The average molecular weight is 246 g/mol. The van der Waals surface area contributed by atoms with Crippen LogP contribution in [-0.2, 0) is 0 Å². The summed E-state index contributed by atoms with van der Waals surface area (Å²) >= 11 is 0. The number of aromatic nitrogens is 1. The van der Waals surface area contributed by atoms with Crippen molar-refractivity contribution in [2.45, 2.75) is 19.9 Å². The maximum Gasteiger partial charge on any atom is 0.166 e. The third-order valence-corrected chi connectivity index (χ3v) is 2.66. The highest BCUT2D eigenvalue weighted by molar-refractivity contribution is 5.36. The van der Waals surface area contributed by atoms with Crippen LogP contribution >= 0.6 is 0 Å². The van der Waals surface area contributed by atoms with Gasteiger partial charge in [0.1, 0.15) is 5.75 Å². The van der Waals surface area contributed by atoms with Crippen LogP contribution in [0.15, 0.2) is 36.5 Å². The second-order valence-corrected chi connectivity index (χ2v) is 4.17. The lowest BCUT2D eigenvalue weighted by molar-refractivity contribution is 0.436. The summed E-state index contributed by atoms with van der Waals surface area (Å²) < 4.78 is 19.3. The number of pyridine rings is 1. The number of halogens is 1. The Morgan fingerprint density at radius 2 is 2.06 bits per heavy atom. The predicted octanol–water partition coefficient (Wildman–Crippen LogP) is 3.34. The molecule has 0 radical (unpaired) electrons. The third kappa shape index (κ3) is 2.65. The first kappa shape index (κ1) is 12.5. The smallest absolute Gasteiger partial charge is 0.166 e. The van der Waals surface area contributed by atoms with Crippen LogP contribution in [0.4, 0.5) is 4.39 Å². The molecule has 2 aromatic rings. The van der Waals surface area contributed by atoms with Gasteiger partial charge in [-0.05, 0) is 43.7 Å². The molecule has 0 unspecified atom stereocenters. The second kappa shape index (κ2) is 5.14. The van der Waals surface area contributed by atoms with Crippen LogP contribution in [0, 0.1) is 12.7 Å². The van der Waals surface area contributed by atoms with Crippen LogP contribution in [0.5, 0.6) is 11.5 Å². The third-order valence-electron chi connectivity index (χ3n) is 2.66. The van der Waals surface area contributed by atoms with Crippen LogP contribution in [0.2, 0.25) is 0 Å². The fraction of sp³-hybridized carbons (Fsp3) is 0.214. The van der Waals surface area contributed by atoms with Crippen molar-refractivity contribution in [1.82, 2.24) is 4.98 Å². The number of hydrogen-bond donors (Lipinski definition) is 1. The molecule has 0 spiro atoms. The van der Waals surface area contributed by atoms with Crippen molar-refractivity contribution >= 4 is 0 Å². The summed E-state index contributed by atoms with van der Waals surface area (Å²) in [6, 6.07) is 8.03. The quantitative estimate of drug-likeness (QED) is 0.903. The SMILES string of the molecule is Cc1ncccc1Oc1ccc([C@H](C)N)cc1F. The zero-order valence-electron chi connectivity index (χ0n) is 10.4. The first-order chi connectivity index (χ1) is 8.58. The van der Waals surface area contributed by atoms with Gasteiger partial charge < -0.3 is 10.5 Å². The molecule has 0 saturated carbocycles. The van der Waals surface area contributed by atoms with Gasteiger partial charge in [0.2, 0.25) is 0 Å². The van der Waals surface area contributed by atoms with E-state index in [0.717, 1.165) is 5.56 Å². The van der Waals surface area contributed by atoms with E-state index in [4.69, 9.17) is 10.5 Å². The summed E-state index contributed by atoms with van der Waals surface area (Å²) in [4.78, 5) is 4.08. The van der Waals surface area contributed by atoms with E-state index in [1.807, 2.05) is 6.92 Å². The Morgan fingerprint density at radius 1 is 1.28 bits per heavy atom. The molecule has 1 heterocycles. The topological polar surface area (TPSA) is 48.1 Å². The van der Waals surface area contributed by atoms with Gasteiger partial charge in [-0.1, -0.05) is 6.07 Å². The van der Waals surface area contributed by atoms with E-state index in [2.05, 4.69) is 4.98 Å². The predicted molar refractivity (Wildman–Crippen MR) is 68.1 cm³/mol. The van der Waals surface area contributed by atoms with Crippen molar-refractivity contribution in [1.29, 1.82) is 0 Å². The van der Waals surface area contributed by atoms with Gasteiger partial charge in [-0.15, -0.1) is 0 Å². The number of rotatable bonds is 3. The molecule has 1 aromatic heterocycles. The molecule has 0 saturated heterocycles. The molecular weight excluding hydrogens is 231 g/mol. The van der Waals surface area contributed by atoms with Gasteiger partial charge in [0.05, 0.1) is 5.69 Å². The normalized spacial score (nSPS) is 12.2. The molecule has 0 bridgehead atoms. The molecule has 2 N–H and O–H groups in total. The van der Waals surface area contributed by atoms with Crippen LogP contribution < -0.4 is 10.5 Å². The van der Waals surface area contributed by atoms with Crippen molar-refractivity contribution in [3.63, 3.8) is 0 Å². The number of ether oxygens (including phenoxy) is 1. The molecule has 0 amide bonds. The van der Waals surface area contributed by atoms with Crippen molar-refractivity contribution in [2.75, 3.05) is 0 Å². The standard InChI is InChI=1S/C14H15FN2O/c1-9(16)11-5-6-14(12(15)8-11)18-13-4-3-7-17-10(13)2/h3-9H,16H2,1-2H3/t9-/m0/s1. The van der Waals surface area contributed by atoms with E-state index in [9.17, 15) is 4.39 Å². The summed E-state index contributed by atoms with van der Waals surface area (Å²) in [5, 5.41) is 0. The molecule has 2 rings (SSSR count). The zero-order valence-corrected chi connectivity index (χ0v) is 10.4. The minimum atomic E-state index is -0.423. The molecule has 0 aliphatic carbocycles. The average Bonchev–Trinajstić information content (AvgIpc) is 2.34. The fourth-order valence-electron chi connectivity index (χ4n) is 1.58. The largest absolute Gasteiger partial charge is 0.452 e. The Bertz CT molecular complexity index is 555. The number of hydrogen-bond acceptors (Lipinski definition) is 3. The van der Waals surface area contributed by atoms with E-state index < -0.39 is 5.82 Å². The monoisotopic (exact) mass is 246 g/mol. The first-order valence-corrected chi connectivity index (χ1v) is 5.72. The molecule has 4 heteroatoms. The summed E-state index contributed by atoms with van der Waals surface area (Å²) in [6.45, 7) is 3.62. The highest BCUT2D eigenvalue weighted by Gasteiger charge is 2.09. The molecular formula is C14H15FN2O. The van der Waals surface area contributed by atoms with Crippen molar-refractivity contribution in [3.8, 4) is 11.5 Å². The Hall–Kier alpha value is -1.94. The van der Waals surface area contributed by atoms with E-state index in [0.29, 0.717) is 11.4 Å². The minimum absolute atomic E-state index is 0.176. The van der Waals surface area contributed by atoms with Gasteiger partial charge in [0, 0.05) is 12.2 Å². The fourth-order valence-corrected chi connectivity index (χ4v) is 1.58. The van der Waals surface area contributed by atoms with E-state index >= 15 is 0 Å². The van der Waals surface area contributed by atoms with Crippen molar-refractivity contribution in [2.24, 2.45) is 5.73 Å². The van der Waals surface area contributed by atoms with Gasteiger partial charge >= 0.3 is 0 Å². The Labute approximate surface area is 105 Å². The van der Waals surface area contributed by atoms with Gasteiger partial charge in [-0.2, -0.15) is 0 Å². The number of aryl methyl sites for hydroxylation is 1. The van der Waals surface area contributed by atoms with Crippen LogP contribution in [0.3, 0.4) is 0 Å². The Morgan fingerprint density at radius 3 is 2.67 bits per heavy atom. The molecule has 3 nitrogen and oxygen atoms in total. The maximum absolute atomic E-state index is 13.8. The summed E-state index contributed by atoms with van der Waals surface area (Å²) in [6.07, 6.45) is 1.66. The molecule has 18 heavy (non-hydrogen) atoms. The molecule has 0 fully saturated rings. The number of benzene rings is 1. The van der Waals surface area contributed by atoms with Gasteiger partial charge in [-0.25, -0.2) is 4.39 Å². The Kier molecular flexibility index (Phi) is 3.58. The van der Waals surface area contributed by atoms with Crippen LogP contribution in [-0.4, -0.2) is 4.98 Å². The first-order valence-electron chi connectivity index (χ1n) is 5.72. The summed E-state index contributed by atoms with van der Waals surface area (Å²) in [5.41, 5.74) is 7.15. The number of nitrogens with zero attached hydrogens (tertiary/aromatic N) is 1. The second-order valence-electron chi connectivity index (χ2n) is 4.17. The highest BCUT2D eigenvalue weighted by atomic mass is 19.1. The molecule has 0 aliphatic rings. The van der Waals surface area contributed by atoms with Gasteiger partial charge in [0.15, 0.2) is 11.6 Å². The maximum atomic E-state index is 13.8. The van der Waals surface area contributed by atoms with Crippen molar-refractivity contribution in [3.05, 3.63) is 53.6 Å². The minimum Gasteiger partial charge on any atom is -0.452 e. The number of nitrogens with two attached hydrogens (primary N) is 1. The summed E-state index contributed by atoms with van der Waals surface area (Å²) in [5.74, 6) is 0.300. The van der Waals surface area contributed by atoms with E-state index in [1.165, 1.54) is 6.07 Å².